The first-order valence-electron chi connectivity index (χ1n) is 10.6. The van der Waals surface area contributed by atoms with Crippen molar-refractivity contribution in [3.63, 3.8) is 0 Å². The molecule has 164 valence electrons. The van der Waals surface area contributed by atoms with E-state index in [0.717, 1.165) is 11.1 Å². The van der Waals surface area contributed by atoms with Gasteiger partial charge in [0.25, 0.3) is 0 Å². The summed E-state index contributed by atoms with van der Waals surface area (Å²) >= 11 is 0. The topological polar surface area (TPSA) is 107 Å². The highest BCUT2D eigenvalue weighted by Crippen LogP contribution is 2.31. The fraction of sp³-hybridized carbons (Fsp3) is 0.375. The number of rotatable bonds is 9. The molecular weight excluding hydrogens is 396 g/mol. The van der Waals surface area contributed by atoms with Crippen molar-refractivity contribution < 1.29 is 24.6 Å². The van der Waals surface area contributed by atoms with Crippen molar-refractivity contribution in [2.24, 2.45) is 0 Å². The Labute approximate surface area is 181 Å². The molecule has 3 rings (SSSR count). The van der Waals surface area contributed by atoms with Crippen LogP contribution in [0.15, 0.2) is 60.7 Å². The molecule has 1 heterocycles. The van der Waals surface area contributed by atoms with Gasteiger partial charge in [0.1, 0.15) is 12.6 Å². The number of nitrogens with one attached hydrogen (secondary N) is 1. The second-order valence-corrected chi connectivity index (χ2v) is 7.85. The standard InChI is InChI=1S/C24H28N2O5/c27-22(28)16-26-21(18-10-5-2-6-11-18)13-7-12-19(23(26)29)25-20(24(30)31)15-14-17-8-3-1-4-9-17/h1-6,8-11,19-21,25H,7,12-16H2,(H,27,28)(H,30,31). The Hall–Kier alpha value is -3.19. The molecule has 7 nitrogen and oxygen atoms in total. The Balaban J connectivity index is 1.75. The largest absolute Gasteiger partial charge is 0.480 e. The summed E-state index contributed by atoms with van der Waals surface area (Å²) in [4.78, 5) is 38.0. The van der Waals surface area contributed by atoms with Gasteiger partial charge >= 0.3 is 11.9 Å². The van der Waals surface area contributed by atoms with E-state index in [0.29, 0.717) is 32.1 Å². The van der Waals surface area contributed by atoms with Gasteiger partial charge in [-0.05, 0) is 43.2 Å². The van der Waals surface area contributed by atoms with Crippen molar-refractivity contribution >= 4 is 17.8 Å². The molecule has 0 aromatic heterocycles. The first kappa shape index (κ1) is 22.5. The minimum absolute atomic E-state index is 0.337. The van der Waals surface area contributed by atoms with E-state index in [4.69, 9.17) is 0 Å². The van der Waals surface area contributed by atoms with Crippen molar-refractivity contribution in [3.05, 3.63) is 71.8 Å². The molecule has 2 aromatic carbocycles. The van der Waals surface area contributed by atoms with Crippen LogP contribution in [0.25, 0.3) is 0 Å². The molecule has 3 atom stereocenters. The molecule has 1 aliphatic rings. The van der Waals surface area contributed by atoms with Crippen LogP contribution in [0.2, 0.25) is 0 Å². The highest BCUT2D eigenvalue weighted by Gasteiger charge is 2.36. The SMILES string of the molecule is O=C(O)CN1C(=O)C(NC(CCc2ccccc2)C(=O)O)CCCC1c1ccccc1. The Kier molecular flexibility index (Phi) is 7.78. The summed E-state index contributed by atoms with van der Waals surface area (Å²) in [5.41, 5.74) is 1.91. The van der Waals surface area contributed by atoms with Crippen LogP contribution in [0.4, 0.5) is 0 Å². The molecule has 0 saturated carbocycles. The van der Waals surface area contributed by atoms with Gasteiger partial charge in [-0.15, -0.1) is 0 Å². The second-order valence-electron chi connectivity index (χ2n) is 7.85. The van der Waals surface area contributed by atoms with Gasteiger partial charge in [0.05, 0.1) is 12.1 Å². The van der Waals surface area contributed by atoms with Crippen LogP contribution in [-0.4, -0.2) is 51.6 Å². The molecule has 1 amide bonds. The Morgan fingerprint density at radius 1 is 1.00 bits per heavy atom. The maximum Gasteiger partial charge on any atom is 0.323 e. The van der Waals surface area contributed by atoms with Gasteiger partial charge < -0.3 is 15.1 Å². The third kappa shape index (κ3) is 6.15. The summed E-state index contributed by atoms with van der Waals surface area (Å²) in [6.45, 7) is -0.418. The molecule has 0 bridgehead atoms. The van der Waals surface area contributed by atoms with Gasteiger partial charge in [0, 0.05) is 0 Å². The van der Waals surface area contributed by atoms with Crippen molar-refractivity contribution in [3.8, 4) is 0 Å². The minimum Gasteiger partial charge on any atom is -0.480 e. The van der Waals surface area contributed by atoms with E-state index in [1.54, 1.807) is 0 Å². The van der Waals surface area contributed by atoms with Crippen molar-refractivity contribution in [2.75, 3.05) is 6.54 Å². The Morgan fingerprint density at radius 2 is 1.65 bits per heavy atom. The number of carbonyl (C=O) groups excluding carboxylic acids is 1. The molecule has 1 saturated heterocycles. The zero-order valence-electron chi connectivity index (χ0n) is 17.3. The molecule has 3 unspecified atom stereocenters. The van der Waals surface area contributed by atoms with Crippen molar-refractivity contribution in [2.45, 2.75) is 50.2 Å². The number of carbonyl (C=O) groups is 3. The lowest BCUT2D eigenvalue weighted by Gasteiger charge is -2.31. The number of amides is 1. The van der Waals surface area contributed by atoms with Crippen LogP contribution in [-0.2, 0) is 20.8 Å². The first-order chi connectivity index (χ1) is 15.0. The molecule has 2 aromatic rings. The van der Waals surface area contributed by atoms with E-state index in [1.807, 2.05) is 60.7 Å². The molecular formula is C24H28N2O5. The predicted molar refractivity (Wildman–Crippen MR) is 115 cm³/mol. The van der Waals surface area contributed by atoms with Crippen molar-refractivity contribution in [1.29, 1.82) is 0 Å². The molecule has 0 spiro atoms. The van der Waals surface area contributed by atoms with E-state index in [1.165, 1.54) is 4.90 Å². The van der Waals surface area contributed by atoms with E-state index in [9.17, 15) is 24.6 Å². The number of aliphatic carboxylic acids is 2. The Morgan fingerprint density at radius 3 is 2.26 bits per heavy atom. The second kappa shape index (κ2) is 10.7. The van der Waals surface area contributed by atoms with Crippen LogP contribution in [0.5, 0.6) is 0 Å². The van der Waals surface area contributed by atoms with E-state index >= 15 is 0 Å². The summed E-state index contributed by atoms with van der Waals surface area (Å²) < 4.78 is 0. The number of carboxylic acids is 2. The lowest BCUT2D eigenvalue weighted by molar-refractivity contribution is -0.148. The fourth-order valence-corrected chi connectivity index (χ4v) is 4.14. The van der Waals surface area contributed by atoms with Gasteiger partial charge in [0.2, 0.25) is 5.91 Å². The summed E-state index contributed by atoms with van der Waals surface area (Å²) in [6.07, 6.45) is 2.68. The highest BCUT2D eigenvalue weighted by atomic mass is 16.4. The smallest absolute Gasteiger partial charge is 0.323 e. The maximum absolute atomic E-state index is 13.3. The van der Waals surface area contributed by atoms with E-state index in [-0.39, 0.29) is 11.9 Å². The molecule has 0 aliphatic carbocycles. The maximum atomic E-state index is 13.3. The van der Waals surface area contributed by atoms with Crippen LogP contribution < -0.4 is 5.32 Å². The lowest BCUT2D eigenvalue weighted by Crippen LogP contribution is -2.52. The van der Waals surface area contributed by atoms with Crippen LogP contribution >= 0.6 is 0 Å². The zero-order valence-corrected chi connectivity index (χ0v) is 17.3. The van der Waals surface area contributed by atoms with Gasteiger partial charge in [-0.25, -0.2) is 0 Å². The molecule has 31 heavy (non-hydrogen) atoms. The fourth-order valence-electron chi connectivity index (χ4n) is 4.14. The minimum atomic E-state index is -1.09. The van der Waals surface area contributed by atoms with E-state index in [2.05, 4.69) is 5.32 Å². The number of carboxylic acid groups (broad SMARTS) is 2. The quantitative estimate of drug-likeness (QED) is 0.571. The van der Waals surface area contributed by atoms with Crippen LogP contribution in [0.3, 0.4) is 0 Å². The van der Waals surface area contributed by atoms with Crippen LogP contribution in [0, 0.1) is 0 Å². The Bertz CT molecular complexity index is 887. The molecule has 3 N–H and O–H groups in total. The summed E-state index contributed by atoms with van der Waals surface area (Å²) in [5.74, 6) is -2.47. The molecule has 0 radical (unpaired) electrons. The normalized spacial score (nSPS) is 20.1. The number of hydrogen-bond acceptors (Lipinski definition) is 4. The average Bonchev–Trinajstić information content (AvgIpc) is 2.91. The van der Waals surface area contributed by atoms with Gasteiger partial charge in [-0.3, -0.25) is 19.7 Å². The number of benzene rings is 2. The first-order valence-corrected chi connectivity index (χ1v) is 10.6. The van der Waals surface area contributed by atoms with E-state index < -0.39 is 30.6 Å². The third-order valence-electron chi connectivity index (χ3n) is 5.68. The number of likely N-dealkylation sites (tertiary alicyclic amines) is 1. The number of hydrogen-bond donors (Lipinski definition) is 3. The third-order valence-corrected chi connectivity index (χ3v) is 5.68. The molecule has 1 aliphatic heterocycles. The predicted octanol–water partition coefficient (Wildman–Crippen LogP) is 2.87. The summed E-state index contributed by atoms with van der Waals surface area (Å²) in [5, 5.41) is 22.1. The van der Waals surface area contributed by atoms with Gasteiger partial charge in [-0.2, -0.15) is 0 Å². The van der Waals surface area contributed by atoms with Crippen molar-refractivity contribution in [1.82, 2.24) is 10.2 Å². The van der Waals surface area contributed by atoms with Crippen LogP contribution in [0.1, 0.15) is 42.9 Å². The van der Waals surface area contributed by atoms with Gasteiger partial charge in [-0.1, -0.05) is 60.7 Å². The highest BCUT2D eigenvalue weighted by molar-refractivity contribution is 5.87. The number of aryl methyl sites for hydroxylation is 1. The number of nitrogens with zero attached hydrogens (tertiary/aromatic N) is 1. The lowest BCUT2D eigenvalue weighted by atomic mass is 10.0. The zero-order chi connectivity index (χ0) is 22.2. The monoisotopic (exact) mass is 424 g/mol. The molecule has 7 heteroatoms. The average molecular weight is 424 g/mol. The van der Waals surface area contributed by atoms with Gasteiger partial charge in [0.15, 0.2) is 0 Å². The molecule has 1 fully saturated rings. The summed E-state index contributed by atoms with van der Waals surface area (Å²) in [6, 6.07) is 17.0. The summed E-state index contributed by atoms with van der Waals surface area (Å²) in [7, 11) is 0.